The summed E-state index contributed by atoms with van der Waals surface area (Å²) in [5.41, 5.74) is -1.07. The number of hydrogen-bond acceptors (Lipinski definition) is 6. The molecule has 0 saturated carbocycles. The number of esters is 1. The van der Waals surface area contributed by atoms with Crippen LogP contribution in [-0.2, 0) is 35.0 Å². The van der Waals surface area contributed by atoms with Crippen molar-refractivity contribution < 1.29 is 14.3 Å². The van der Waals surface area contributed by atoms with Crippen molar-refractivity contribution in [1.29, 1.82) is 0 Å². The third kappa shape index (κ3) is 4.05. The molecule has 1 amide bonds. The van der Waals surface area contributed by atoms with Gasteiger partial charge in [-0.15, -0.1) is 0 Å². The van der Waals surface area contributed by atoms with Crippen molar-refractivity contribution in [3.63, 3.8) is 0 Å². The monoisotopic (exact) mass is 399 g/mol. The predicted molar refractivity (Wildman–Crippen MR) is 98.6 cm³/mol. The van der Waals surface area contributed by atoms with E-state index < -0.39 is 29.2 Å². The average Bonchev–Trinajstić information content (AvgIpc) is 2.93. The molecule has 27 heavy (non-hydrogen) atoms. The average molecular weight is 400 g/mol. The molecule has 2 aromatic rings. The van der Waals surface area contributed by atoms with Gasteiger partial charge < -0.3 is 10.1 Å². The lowest BCUT2D eigenvalue weighted by Gasteiger charge is -2.18. The van der Waals surface area contributed by atoms with Crippen LogP contribution >= 0.6 is 11.6 Å². The molecule has 0 fully saturated rings. The first kappa shape index (κ1) is 20.7. The summed E-state index contributed by atoms with van der Waals surface area (Å²) in [5.74, 6) is -0.950. The van der Waals surface area contributed by atoms with E-state index in [1.807, 2.05) is 13.8 Å². The van der Waals surface area contributed by atoms with Crippen LogP contribution in [0.5, 0.6) is 0 Å². The van der Waals surface area contributed by atoms with E-state index in [0.29, 0.717) is 6.42 Å². The second kappa shape index (κ2) is 7.95. The molecule has 148 valence electrons. The molecule has 0 bridgehead atoms. The molecule has 0 unspecified atom stereocenters. The highest BCUT2D eigenvalue weighted by Gasteiger charge is 2.25. The standard InChI is InChI=1S/C16H22ClN5O5/c1-8(2)6-9(14(25)27-5)18-10(23)7-22-11-12(19-15(22)17)20(3)16(26)21(4)13(11)24/h8-9H,6-7H2,1-5H3,(H,18,23)/t9-/m1/s1. The third-order valence-electron chi connectivity index (χ3n) is 4.13. The zero-order valence-corrected chi connectivity index (χ0v) is 16.5. The van der Waals surface area contributed by atoms with Crippen LogP contribution in [0.15, 0.2) is 9.59 Å². The SMILES string of the molecule is COC(=O)[C@@H](CC(C)C)NC(=O)Cn1c(Cl)nc2c1c(=O)n(C)c(=O)n2C. The molecule has 0 aromatic carbocycles. The maximum Gasteiger partial charge on any atom is 0.332 e. The Kier molecular flexibility index (Phi) is 6.09. The minimum atomic E-state index is -0.816. The largest absolute Gasteiger partial charge is 0.467 e. The Balaban J connectivity index is 2.40. The summed E-state index contributed by atoms with van der Waals surface area (Å²) >= 11 is 6.09. The van der Waals surface area contributed by atoms with E-state index in [9.17, 15) is 19.2 Å². The van der Waals surface area contributed by atoms with Crippen LogP contribution in [-0.4, -0.2) is 43.7 Å². The Hall–Kier alpha value is -2.62. The number of ether oxygens (including phenoxy) is 1. The highest BCUT2D eigenvalue weighted by Crippen LogP contribution is 2.15. The van der Waals surface area contributed by atoms with E-state index in [1.54, 1.807) is 0 Å². The number of imidazole rings is 1. The maximum atomic E-state index is 12.5. The molecule has 1 N–H and O–H groups in total. The van der Waals surface area contributed by atoms with E-state index in [-0.39, 0.29) is 28.9 Å². The van der Waals surface area contributed by atoms with Crippen molar-refractivity contribution in [3.05, 3.63) is 26.1 Å². The van der Waals surface area contributed by atoms with Gasteiger partial charge in [-0.25, -0.2) is 9.59 Å². The van der Waals surface area contributed by atoms with Crippen LogP contribution in [0.25, 0.3) is 11.2 Å². The van der Waals surface area contributed by atoms with Gasteiger partial charge in [0.2, 0.25) is 11.2 Å². The van der Waals surface area contributed by atoms with Crippen molar-refractivity contribution >= 4 is 34.6 Å². The molecule has 0 saturated heterocycles. The Morgan fingerprint density at radius 3 is 2.41 bits per heavy atom. The lowest BCUT2D eigenvalue weighted by Crippen LogP contribution is -2.44. The number of aryl methyl sites for hydroxylation is 1. The molecule has 0 spiro atoms. The van der Waals surface area contributed by atoms with Gasteiger partial charge in [-0.1, -0.05) is 13.8 Å². The summed E-state index contributed by atoms with van der Waals surface area (Å²) in [7, 11) is 4.02. The normalized spacial score (nSPS) is 12.4. The van der Waals surface area contributed by atoms with Crippen molar-refractivity contribution in [2.24, 2.45) is 20.0 Å². The molecule has 2 rings (SSSR count). The Morgan fingerprint density at radius 1 is 1.22 bits per heavy atom. The summed E-state index contributed by atoms with van der Waals surface area (Å²) in [4.78, 5) is 52.8. The molecule has 1 atom stereocenters. The summed E-state index contributed by atoms with van der Waals surface area (Å²) in [5, 5.41) is 2.48. The number of carbonyl (C=O) groups excluding carboxylic acids is 2. The number of fused-ring (bicyclic) bond motifs is 1. The van der Waals surface area contributed by atoms with Gasteiger partial charge in [0.25, 0.3) is 5.56 Å². The van der Waals surface area contributed by atoms with Crippen LogP contribution in [0.2, 0.25) is 5.28 Å². The van der Waals surface area contributed by atoms with Crippen LogP contribution < -0.4 is 16.6 Å². The van der Waals surface area contributed by atoms with Crippen LogP contribution in [0.4, 0.5) is 0 Å². The van der Waals surface area contributed by atoms with Gasteiger partial charge in [0.15, 0.2) is 11.2 Å². The van der Waals surface area contributed by atoms with Gasteiger partial charge in [-0.3, -0.25) is 23.3 Å². The Morgan fingerprint density at radius 2 is 1.85 bits per heavy atom. The number of nitrogens with one attached hydrogen (secondary N) is 1. The third-order valence-corrected chi connectivity index (χ3v) is 4.42. The van der Waals surface area contributed by atoms with Gasteiger partial charge >= 0.3 is 11.7 Å². The van der Waals surface area contributed by atoms with Gasteiger partial charge in [0.1, 0.15) is 12.6 Å². The quantitative estimate of drug-likeness (QED) is 0.530. The molecule has 0 radical (unpaired) electrons. The zero-order chi connectivity index (χ0) is 20.5. The number of aromatic nitrogens is 4. The van der Waals surface area contributed by atoms with Crippen molar-refractivity contribution in [2.45, 2.75) is 32.9 Å². The van der Waals surface area contributed by atoms with E-state index in [1.165, 1.54) is 30.3 Å². The minimum Gasteiger partial charge on any atom is -0.467 e. The van der Waals surface area contributed by atoms with E-state index in [0.717, 1.165) is 4.57 Å². The molecule has 2 aromatic heterocycles. The molecule has 0 aliphatic rings. The molecular formula is C16H22ClN5O5. The fourth-order valence-corrected chi connectivity index (χ4v) is 3.00. The molecular weight excluding hydrogens is 378 g/mol. The number of hydrogen-bond donors (Lipinski definition) is 1. The van der Waals surface area contributed by atoms with Crippen molar-refractivity contribution in [1.82, 2.24) is 24.0 Å². The lowest BCUT2D eigenvalue weighted by molar-refractivity contribution is -0.145. The van der Waals surface area contributed by atoms with E-state index in [2.05, 4.69) is 10.3 Å². The number of rotatable bonds is 6. The summed E-state index contributed by atoms with van der Waals surface area (Å²) < 4.78 is 8.00. The predicted octanol–water partition coefficient (Wildman–Crippen LogP) is -0.209. The molecule has 0 aliphatic heterocycles. The highest BCUT2D eigenvalue weighted by atomic mass is 35.5. The number of carbonyl (C=O) groups is 2. The highest BCUT2D eigenvalue weighted by molar-refractivity contribution is 6.29. The van der Waals surface area contributed by atoms with Crippen molar-refractivity contribution in [2.75, 3.05) is 7.11 Å². The first-order valence-corrected chi connectivity index (χ1v) is 8.65. The topological polar surface area (TPSA) is 117 Å². The Labute approximate surface area is 159 Å². The van der Waals surface area contributed by atoms with E-state index >= 15 is 0 Å². The second-order valence-electron chi connectivity index (χ2n) is 6.62. The van der Waals surface area contributed by atoms with Gasteiger partial charge in [0, 0.05) is 14.1 Å². The van der Waals surface area contributed by atoms with E-state index in [4.69, 9.17) is 16.3 Å². The van der Waals surface area contributed by atoms with Gasteiger partial charge in [-0.2, -0.15) is 4.98 Å². The second-order valence-corrected chi connectivity index (χ2v) is 6.96. The van der Waals surface area contributed by atoms with Gasteiger partial charge in [0.05, 0.1) is 7.11 Å². The zero-order valence-electron chi connectivity index (χ0n) is 15.8. The first-order chi connectivity index (χ1) is 12.6. The number of halogens is 1. The summed E-state index contributed by atoms with van der Waals surface area (Å²) in [6.07, 6.45) is 0.396. The Bertz CT molecular complexity index is 1000. The first-order valence-electron chi connectivity index (χ1n) is 8.27. The lowest BCUT2D eigenvalue weighted by atomic mass is 10.0. The minimum absolute atomic E-state index is 0.0261. The van der Waals surface area contributed by atoms with Gasteiger partial charge in [-0.05, 0) is 23.9 Å². The molecule has 10 nitrogen and oxygen atoms in total. The number of methoxy groups -OCH3 is 1. The van der Waals surface area contributed by atoms with Crippen LogP contribution in [0, 0.1) is 5.92 Å². The van der Waals surface area contributed by atoms with Crippen LogP contribution in [0.1, 0.15) is 20.3 Å². The fraction of sp³-hybridized carbons (Fsp3) is 0.562. The van der Waals surface area contributed by atoms with Crippen molar-refractivity contribution in [3.8, 4) is 0 Å². The smallest absolute Gasteiger partial charge is 0.332 e. The summed E-state index contributed by atoms with van der Waals surface area (Å²) in [6, 6.07) is -0.816. The maximum absolute atomic E-state index is 12.5. The fourth-order valence-electron chi connectivity index (χ4n) is 2.78. The molecule has 2 heterocycles. The van der Waals surface area contributed by atoms with Crippen LogP contribution in [0.3, 0.4) is 0 Å². The molecule has 0 aliphatic carbocycles. The number of nitrogens with zero attached hydrogens (tertiary/aromatic N) is 4. The molecule has 11 heteroatoms. The summed E-state index contributed by atoms with van der Waals surface area (Å²) in [6.45, 7) is 3.48. The number of amides is 1.